The van der Waals surface area contributed by atoms with Crippen LogP contribution < -0.4 is 5.32 Å². The van der Waals surface area contributed by atoms with E-state index in [1.165, 1.54) is 0 Å². The van der Waals surface area contributed by atoms with Crippen LogP contribution in [0.4, 0.5) is 0 Å². The molecule has 1 aliphatic heterocycles. The second kappa shape index (κ2) is 3.88. The van der Waals surface area contributed by atoms with Crippen LogP contribution >= 0.6 is 11.6 Å². The first-order valence-corrected chi connectivity index (χ1v) is 5.51. The van der Waals surface area contributed by atoms with Crippen molar-refractivity contribution >= 4 is 11.6 Å². The van der Waals surface area contributed by atoms with Crippen LogP contribution in [0.2, 0.25) is 5.02 Å². The minimum absolute atomic E-state index is 0.351. The van der Waals surface area contributed by atoms with E-state index in [0.29, 0.717) is 22.7 Å². The summed E-state index contributed by atoms with van der Waals surface area (Å²) in [5.41, 5.74) is 0.812. The molecule has 4 nitrogen and oxygen atoms in total. The zero-order valence-corrected chi connectivity index (χ0v) is 9.24. The maximum absolute atomic E-state index is 6.06. The van der Waals surface area contributed by atoms with Crippen LogP contribution in [0.15, 0.2) is 28.8 Å². The van der Waals surface area contributed by atoms with Gasteiger partial charge in [-0.25, -0.2) is 0 Å². The average molecular weight is 236 g/mol. The summed E-state index contributed by atoms with van der Waals surface area (Å²) >= 11 is 6.06. The second-order valence-corrected chi connectivity index (χ2v) is 4.20. The molecule has 1 saturated heterocycles. The van der Waals surface area contributed by atoms with Crippen LogP contribution in [0.25, 0.3) is 11.4 Å². The Morgan fingerprint density at radius 1 is 1.31 bits per heavy atom. The smallest absolute Gasteiger partial charge is 0.232 e. The highest BCUT2D eigenvalue weighted by atomic mass is 35.5. The lowest BCUT2D eigenvalue weighted by atomic mass is 10.0. The van der Waals surface area contributed by atoms with Crippen molar-refractivity contribution in [2.24, 2.45) is 0 Å². The van der Waals surface area contributed by atoms with Crippen molar-refractivity contribution in [3.63, 3.8) is 0 Å². The fourth-order valence-corrected chi connectivity index (χ4v) is 1.84. The van der Waals surface area contributed by atoms with Crippen molar-refractivity contribution < 1.29 is 4.52 Å². The van der Waals surface area contributed by atoms with E-state index in [9.17, 15) is 0 Å². The zero-order valence-electron chi connectivity index (χ0n) is 8.48. The molecule has 0 atom stereocenters. The first-order chi connectivity index (χ1) is 7.84. The molecular formula is C11H10ClN3O. The molecule has 0 bridgehead atoms. The molecule has 0 unspecified atom stereocenters. The first-order valence-electron chi connectivity index (χ1n) is 5.14. The van der Waals surface area contributed by atoms with Gasteiger partial charge in [-0.15, -0.1) is 0 Å². The van der Waals surface area contributed by atoms with Gasteiger partial charge in [0.2, 0.25) is 11.7 Å². The number of aromatic nitrogens is 2. The Morgan fingerprint density at radius 3 is 2.81 bits per heavy atom. The van der Waals surface area contributed by atoms with Gasteiger partial charge in [-0.05, 0) is 12.1 Å². The van der Waals surface area contributed by atoms with E-state index in [1.807, 2.05) is 24.3 Å². The third-order valence-electron chi connectivity index (χ3n) is 2.69. The third-order valence-corrected chi connectivity index (χ3v) is 3.02. The molecule has 0 spiro atoms. The summed E-state index contributed by atoms with van der Waals surface area (Å²) in [5.74, 6) is 1.60. The van der Waals surface area contributed by atoms with Gasteiger partial charge in [-0.1, -0.05) is 28.9 Å². The molecule has 0 radical (unpaired) electrons. The molecule has 0 amide bonds. The third kappa shape index (κ3) is 1.60. The molecule has 5 heteroatoms. The van der Waals surface area contributed by atoms with Gasteiger partial charge in [0.05, 0.1) is 10.9 Å². The van der Waals surface area contributed by atoms with Gasteiger partial charge < -0.3 is 9.84 Å². The lowest BCUT2D eigenvalue weighted by Gasteiger charge is -2.22. The molecule has 82 valence electrons. The van der Waals surface area contributed by atoms with Crippen LogP contribution in [0.5, 0.6) is 0 Å². The number of rotatable bonds is 2. The minimum atomic E-state index is 0.351. The van der Waals surface area contributed by atoms with Crippen LogP contribution in [0.1, 0.15) is 11.8 Å². The van der Waals surface area contributed by atoms with E-state index < -0.39 is 0 Å². The highest BCUT2D eigenvalue weighted by molar-refractivity contribution is 6.33. The normalized spacial score (nSPS) is 16.1. The average Bonchev–Trinajstić information content (AvgIpc) is 2.65. The summed E-state index contributed by atoms with van der Waals surface area (Å²) < 4.78 is 5.22. The van der Waals surface area contributed by atoms with Gasteiger partial charge in [0.25, 0.3) is 0 Å². The monoisotopic (exact) mass is 235 g/mol. The van der Waals surface area contributed by atoms with E-state index in [4.69, 9.17) is 16.1 Å². The van der Waals surface area contributed by atoms with Crippen LogP contribution in [-0.2, 0) is 0 Å². The number of halogens is 1. The molecule has 1 N–H and O–H groups in total. The summed E-state index contributed by atoms with van der Waals surface area (Å²) in [4.78, 5) is 4.36. The second-order valence-electron chi connectivity index (χ2n) is 3.79. The molecule has 0 aliphatic carbocycles. The van der Waals surface area contributed by atoms with E-state index in [2.05, 4.69) is 15.5 Å². The SMILES string of the molecule is Clc1ccccc1-c1noc(C2CNC2)n1. The number of hydrogen-bond donors (Lipinski definition) is 1. The predicted molar refractivity (Wildman–Crippen MR) is 60.4 cm³/mol. The molecule has 0 saturated carbocycles. The Labute approximate surface area is 97.6 Å². The van der Waals surface area contributed by atoms with E-state index in [-0.39, 0.29) is 0 Å². The van der Waals surface area contributed by atoms with Crippen LogP contribution in [0, 0.1) is 0 Å². The number of hydrogen-bond acceptors (Lipinski definition) is 4. The maximum Gasteiger partial charge on any atom is 0.232 e. The van der Waals surface area contributed by atoms with Crippen LogP contribution in [0.3, 0.4) is 0 Å². The van der Waals surface area contributed by atoms with Gasteiger partial charge in [-0.2, -0.15) is 4.98 Å². The van der Waals surface area contributed by atoms with Gasteiger partial charge in [0.1, 0.15) is 0 Å². The van der Waals surface area contributed by atoms with E-state index in [0.717, 1.165) is 18.7 Å². The Bertz CT molecular complexity index is 507. The Balaban J connectivity index is 1.95. The fourth-order valence-electron chi connectivity index (χ4n) is 1.62. The van der Waals surface area contributed by atoms with E-state index in [1.54, 1.807) is 0 Å². The molecule has 2 aromatic rings. The highest BCUT2D eigenvalue weighted by Crippen LogP contribution is 2.27. The number of benzene rings is 1. The molecule has 1 aliphatic rings. The maximum atomic E-state index is 6.06. The van der Waals surface area contributed by atoms with Crippen molar-refractivity contribution in [3.8, 4) is 11.4 Å². The number of nitrogens with zero attached hydrogens (tertiary/aromatic N) is 2. The topological polar surface area (TPSA) is 51.0 Å². The quantitative estimate of drug-likeness (QED) is 0.866. The van der Waals surface area contributed by atoms with Crippen molar-refractivity contribution in [2.45, 2.75) is 5.92 Å². The lowest BCUT2D eigenvalue weighted by Crippen LogP contribution is -2.40. The summed E-state index contributed by atoms with van der Waals surface area (Å²) in [6.07, 6.45) is 0. The zero-order chi connectivity index (χ0) is 11.0. The molecule has 2 heterocycles. The van der Waals surface area contributed by atoms with Gasteiger partial charge >= 0.3 is 0 Å². The van der Waals surface area contributed by atoms with Crippen molar-refractivity contribution in [3.05, 3.63) is 35.2 Å². The van der Waals surface area contributed by atoms with Gasteiger partial charge in [-0.3, -0.25) is 0 Å². The molecule has 1 aromatic heterocycles. The lowest BCUT2D eigenvalue weighted by molar-refractivity contribution is 0.308. The summed E-state index contributed by atoms with van der Waals surface area (Å²) in [6.45, 7) is 1.81. The largest absolute Gasteiger partial charge is 0.339 e. The minimum Gasteiger partial charge on any atom is -0.339 e. The molecule has 1 aromatic carbocycles. The Morgan fingerprint density at radius 2 is 2.12 bits per heavy atom. The summed E-state index contributed by atoms with van der Waals surface area (Å²) in [7, 11) is 0. The Hall–Kier alpha value is -1.39. The summed E-state index contributed by atoms with van der Waals surface area (Å²) in [5, 5.41) is 7.76. The molecule has 16 heavy (non-hydrogen) atoms. The Kier molecular flexibility index (Phi) is 2.38. The van der Waals surface area contributed by atoms with Crippen LogP contribution in [-0.4, -0.2) is 23.2 Å². The summed E-state index contributed by atoms with van der Waals surface area (Å²) in [6, 6.07) is 7.48. The molecule has 3 rings (SSSR count). The highest BCUT2D eigenvalue weighted by Gasteiger charge is 2.25. The van der Waals surface area contributed by atoms with Gasteiger partial charge in [0, 0.05) is 18.7 Å². The standard InChI is InChI=1S/C11H10ClN3O/c12-9-4-2-1-3-8(9)10-14-11(16-15-10)7-5-13-6-7/h1-4,7,13H,5-6H2. The first kappa shape index (κ1) is 9.81. The molecular weight excluding hydrogens is 226 g/mol. The van der Waals surface area contributed by atoms with E-state index >= 15 is 0 Å². The van der Waals surface area contributed by atoms with Crippen molar-refractivity contribution in [2.75, 3.05) is 13.1 Å². The van der Waals surface area contributed by atoms with Crippen molar-refractivity contribution in [1.82, 2.24) is 15.5 Å². The fraction of sp³-hybridized carbons (Fsp3) is 0.273. The molecule has 1 fully saturated rings. The number of nitrogens with one attached hydrogen (secondary N) is 1. The predicted octanol–water partition coefficient (Wildman–Crippen LogP) is 2.08. The van der Waals surface area contributed by atoms with Crippen molar-refractivity contribution in [1.29, 1.82) is 0 Å². The van der Waals surface area contributed by atoms with Gasteiger partial charge in [0.15, 0.2) is 0 Å².